The van der Waals surface area contributed by atoms with Crippen LogP contribution in [0.2, 0.25) is 0 Å². The number of benzene rings is 2. The molecule has 10 heteroatoms. The number of aryl methyl sites for hydroxylation is 3. The van der Waals surface area contributed by atoms with Gasteiger partial charge >= 0.3 is 5.69 Å². The number of carbonyl (C=O) groups excluding carboxylic acids is 3. The normalized spacial score (nSPS) is 28.5. The molecule has 0 radical (unpaired) electrons. The third-order valence-corrected chi connectivity index (χ3v) is 8.38. The number of fused-ring (bicyclic) bond motifs is 7. The molecule has 10 nitrogen and oxygen atoms in total. The van der Waals surface area contributed by atoms with Crippen LogP contribution in [0.5, 0.6) is 5.75 Å². The van der Waals surface area contributed by atoms with Crippen LogP contribution < -0.4 is 15.0 Å². The van der Waals surface area contributed by atoms with E-state index in [0.29, 0.717) is 24.2 Å². The third-order valence-electron chi connectivity index (χ3n) is 8.38. The highest BCUT2D eigenvalue weighted by molar-refractivity contribution is 6.26. The van der Waals surface area contributed by atoms with E-state index < -0.39 is 28.2 Å². The van der Waals surface area contributed by atoms with Gasteiger partial charge in [0.25, 0.3) is 0 Å². The fourth-order valence-corrected chi connectivity index (χ4v) is 7.11. The molecule has 0 aromatic heterocycles. The smallest absolute Gasteiger partial charge is 0.311 e. The van der Waals surface area contributed by atoms with Gasteiger partial charge in [0.05, 0.1) is 29.6 Å². The lowest BCUT2D eigenvalue weighted by Crippen LogP contribution is -2.54. The maximum atomic E-state index is 14.2. The van der Waals surface area contributed by atoms with E-state index in [9.17, 15) is 24.5 Å². The van der Waals surface area contributed by atoms with Crippen LogP contribution in [0.15, 0.2) is 24.3 Å². The molecule has 3 saturated heterocycles. The molecule has 3 fully saturated rings. The fraction of sp³-hybridized carbons (Fsp3) is 0.423. The minimum Gasteiger partial charge on any atom is -0.490 e. The minimum absolute atomic E-state index is 0.0364. The van der Waals surface area contributed by atoms with Crippen LogP contribution in [0.3, 0.4) is 0 Å². The molecule has 1 spiro atoms. The zero-order chi connectivity index (χ0) is 25.7. The molecule has 0 bridgehead atoms. The van der Waals surface area contributed by atoms with Crippen molar-refractivity contribution in [2.24, 2.45) is 11.8 Å². The van der Waals surface area contributed by atoms with Gasteiger partial charge in [-0.15, -0.1) is 0 Å². The maximum Gasteiger partial charge on any atom is 0.311 e. The first-order valence-corrected chi connectivity index (χ1v) is 12.0. The Morgan fingerprint density at radius 3 is 2.53 bits per heavy atom. The van der Waals surface area contributed by atoms with Crippen molar-refractivity contribution in [3.05, 3.63) is 56.6 Å². The molecule has 36 heavy (non-hydrogen) atoms. The van der Waals surface area contributed by atoms with E-state index in [1.807, 2.05) is 26.0 Å². The predicted molar refractivity (Wildman–Crippen MR) is 130 cm³/mol. The second kappa shape index (κ2) is 7.36. The number of methoxy groups -OCH3 is 1. The van der Waals surface area contributed by atoms with E-state index in [1.54, 1.807) is 6.92 Å². The Hall–Kier alpha value is -3.79. The average Bonchev–Trinajstić information content (AvgIpc) is 3.53. The number of anilines is 2. The van der Waals surface area contributed by atoms with Crippen LogP contribution in [0.25, 0.3) is 0 Å². The first-order valence-electron chi connectivity index (χ1n) is 12.0. The predicted octanol–water partition coefficient (Wildman–Crippen LogP) is 2.96. The lowest BCUT2D eigenvalue weighted by molar-refractivity contribution is -0.385. The quantitative estimate of drug-likeness (QED) is 0.399. The van der Waals surface area contributed by atoms with E-state index in [4.69, 9.17) is 4.74 Å². The average molecular weight is 491 g/mol. The zero-order valence-electron chi connectivity index (χ0n) is 20.5. The van der Waals surface area contributed by atoms with Crippen LogP contribution in [0.1, 0.15) is 35.1 Å². The van der Waals surface area contributed by atoms with E-state index in [-0.39, 0.29) is 35.0 Å². The van der Waals surface area contributed by atoms with Crippen molar-refractivity contribution in [3.63, 3.8) is 0 Å². The summed E-state index contributed by atoms with van der Waals surface area (Å²) in [6.45, 7) is 6.14. The molecule has 0 saturated carbocycles. The van der Waals surface area contributed by atoms with Crippen LogP contribution in [0.4, 0.5) is 17.1 Å². The number of nitrogens with one attached hydrogen (secondary N) is 1. The Bertz CT molecular complexity index is 1400. The molecule has 0 unspecified atom stereocenters. The molecule has 2 aromatic rings. The SMILES string of the molecule is COc1cc(N2C(=O)[C@@H]3[C@H]4CCCN4[C@@]4(C(=O)Nc5c(C)cc(C)cc54)[C@H]3C2=O)c(C)cc1[N+](=O)[O-]. The van der Waals surface area contributed by atoms with Crippen molar-refractivity contribution in [3.8, 4) is 5.75 Å². The summed E-state index contributed by atoms with van der Waals surface area (Å²) in [6.07, 6.45) is 1.54. The summed E-state index contributed by atoms with van der Waals surface area (Å²) in [7, 11) is 1.31. The third kappa shape index (κ3) is 2.57. The molecular formula is C26H26N4O6. The summed E-state index contributed by atoms with van der Waals surface area (Å²) in [5.41, 5.74) is 2.51. The highest BCUT2D eigenvalue weighted by Crippen LogP contribution is 2.61. The van der Waals surface area contributed by atoms with Crippen LogP contribution in [0, 0.1) is 42.7 Å². The van der Waals surface area contributed by atoms with Gasteiger partial charge in [0, 0.05) is 29.4 Å². The Morgan fingerprint density at radius 1 is 1.08 bits per heavy atom. The maximum absolute atomic E-state index is 14.2. The number of rotatable bonds is 3. The fourth-order valence-electron chi connectivity index (χ4n) is 7.11. The van der Waals surface area contributed by atoms with Gasteiger partial charge in [-0.25, -0.2) is 4.90 Å². The first-order chi connectivity index (χ1) is 17.1. The van der Waals surface area contributed by atoms with Gasteiger partial charge in [-0.05, 0) is 51.3 Å². The second-order valence-corrected chi connectivity index (χ2v) is 10.2. The lowest BCUT2D eigenvalue weighted by atomic mass is 9.75. The van der Waals surface area contributed by atoms with Gasteiger partial charge in [0.15, 0.2) is 5.75 Å². The molecule has 186 valence electrons. The minimum atomic E-state index is -1.27. The van der Waals surface area contributed by atoms with Crippen molar-refractivity contribution in [1.29, 1.82) is 0 Å². The molecule has 4 atom stereocenters. The molecule has 1 N–H and O–H groups in total. The first kappa shape index (κ1) is 22.7. The Kier molecular flexibility index (Phi) is 4.63. The van der Waals surface area contributed by atoms with Crippen molar-refractivity contribution in [2.75, 3.05) is 23.9 Å². The summed E-state index contributed by atoms with van der Waals surface area (Å²) in [5.74, 6) is -2.71. The van der Waals surface area contributed by atoms with Crippen LogP contribution in [-0.4, -0.2) is 47.2 Å². The van der Waals surface area contributed by atoms with Gasteiger partial charge < -0.3 is 10.1 Å². The Balaban J connectivity index is 1.55. The number of carbonyl (C=O) groups is 3. The second-order valence-electron chi connectivity index (χ2n) is 10.2. The number of nitro groups is 1. The summed E-state index contributed by atoms with van der Waals surface area (Å²) in [5, 5.41) is 14.5. The van der Waals surface area contributed by atoms with Gasteiger partial charge in [-0.3, -0.25) is 29.4 Å². The van der Waals surface area contributed by atoms with Gasteiger partial charge in [-0.1, -0.05) is 17.7 Å². The van der Waals surface area contributed by atoms with Gasteiger partial charge in [0.1, 0.15) is 5.54 Å². The number of ether oxygens (including phenoxy) is 1. The molecule has 2 aromatic carbocycles. The van der Waals surface area contributed by atoms with Crippen molar-refractivity contribution >= 4 is 34.8 Å². The molecule has 3 amide bonds. The van der Waals surface area contributed by atoms with Gasteiger partial charge in [-0.2, -0.15) is 0 Å². The summed E-state index contributed by atoms with van der Waals surface area (Å²) >= 11 is 0. The Morgan fingerprint density at radius 2 is 1.83 bits per heavy atom. The molecule has 0 aliphatic carbocycles. The van der Waals surface area contributed by atoms with E-state index in [2.05, 4.69) is 10.2 Å². The standard InChI is InChI=1S/C26H26N4O6/c1-12-8-14(3)22-15(9-12)26(25(33)27-22)21-20(16-6-5-7-28(16)26)23(31)29(24(21)32)17-11-19(36-4)18(30(34)35)10-13(17)2/h8-11,16,20-21H,5-7H2,1-4H3,(H,27,33)/t16-,20-,21-,26-/m1/s1. The largest absolute Gasteiger partial charge is 0.490 e. The molecule has 4 aliphatic rings. The van der Waals surface area contributed by atoms with E-state index in [0.717, 1.165) is 28.0 Å². The van der Waals surface area contributed by atoms with E-state index in [1.165, 1.54) is 19.2 Å². The lowest BCUT2D eigenvalue weighted by Gasteiger charge is -2.37. The number of hydrogen-bond acceptors (Lipinski definition) is 7. The number of hydrogen-bond donors (Lipinski definition) is 1. The molecular weight excluding hydrogens is 464 g/mol. The Labute approximate surface area is 207 Å². The molecule has 4 heterocycles. The molecule has 6 rings (SSSR count). The van der Waals surface area contributed by atoms with Crippen molar-refractivity contribution in [1.82, 2.24) is 4.90 Å². The monoisotopic (exact) mass is 490 g/mol. The zero-order valence-corrected chi connectivity index (χ0v) is 20.5. The van der Waals surface area contributed by atoms with Crippen molar-refractivity contribution < 1.29 is 24.0 Å². The van der Waals surface area contributed by atoms with Crippen molar-refractivity contribution in [2.45, 2.75) is 45.2 Å². The highest BCUT2D eigenvalue weighted by Gasteiger charge is 2.74. The summed E-state index contributed by atoms with van der Waals surface area (Å²) in [4.78, 5) is 56.2. The van der Waals surface area contributed by atoms with Gasteiger partial charge in [0.2, 0.25) is 17.7 Å². The summed E-state index contributed by atoms with van der Waals surface area (Å²) < 4.78 is 5.22. The molecule has 4 aliphatic heterocycles. The van der Waals surface area contributed by atoms with E-state index >= 15 is 0 Å². The number of amides is 3. The topological polar surface area (TPSA) is 122 Å². The van der Waals surface area contributed by atoms with Crippen LogP contribution in [-0.2, 0) is 19.9 Å². The highest BCUT2D eigenvalue weighted by atomic mass is 16.6. The number of imide groups is 1. The summed E-state index contributed by atoms with van der Waals surface area (Å²) in [6, 6.07) is 6.39. The number of nitrogens with zero attached hydrogens (tertiary/aromatic N) is 3. The number of nitro benzene ring substituents is 1. The van der Waals surface area contributed by atoms with Crippen LogP contribution >= 0.6 is 0 Å².